The van der Waals surface area contributed by atoms with Crippen LogP contribution in [0.15, 0.2) is 39.4 Å². The topological polar surface area (TPSA) is 136 Å². The van der Waals surface area contributed by atoms with Crippen LogP contribution in [0.5, 0.6) is 0 Å². The lowest BCUT2D eigenvalue weighted by Crippen LogP contribution is -2.36. The van der Waals surface area contributed by atoms with Gasteiger partial charge in [0.15, 0.2) is 5.17 Å². The summed E-state index contributed by atoms with van der Waals surface area (Å²) in [5.41, 5.74) is 0.978. The van der Waals surface area contributed by atoms with E-state index in [-0.39, 0.29) is 15.8 Å². The highest BCUT2D eigenvalue weighted by atomic mass is 32.2. The molecule has 0 bridgehead atoms. The van der Waals surface area contributed by atoms with Crippen LogP contribution in [0.1, 0.15) is 5.56 Å². The maximum Gasteiger partial charge on any atom is 0.331 e. The molecule has 0 saturated carbocycles. The largest absolute Gasteiger partial charge is 0.466 e. The molecule has 2 aliphatic heterocycles. The number of anilines is 1. The number of ether oxygens (including phenoxy) is 2. The number of amides is 1. The summed E-state index contributed by atoms with van der Waals surface area (Å²) in [7, 11) is 1.21. The normalized spacial score (nSPS) is 19.8. The first-order chi connectivity index (χ1) is 14.0. The van der Waals surface area contributed by atoms with Crippen LogP contribution < -0.4 is 10.2 Å². The molecule has 0 aliphatic carbocycles. The number of nitrogens with one attached hydrogen (secondary N) is 1. The monoisotopic (exact) mass is 419 g/mol. The molecule has 0 atom stereocenters. The average molecular weight is 419 g/mol. The number of nitrogens with zero attached hydrogens (tertiary/aromatic N) is 4. The van der Waals surface area contributed by atoms with E-state index < -0.39 is 16.8 Å². The summed E-state index contributed by atoms with van der Waals surface area (Å²) in [6.07, 6.45) is 2.40. The van der Waals surface area contributed by atoms with Gasteiger partial charge in [-0.1, -0.05) is 6.07 Å². The molecule has 1 amide bonds. The first-order valence-electron chi connectivity index (χ1n) is 8.49. The number of hydrogen-bond acceptors (Lipinski definition) is 10. The van der Waals surface area contributed by atoms with Crippen LogP contribution >= 0.6 is 11.8 Å². The standard InChI is InChI=1S/C17H17N5O6S/c1-27-15(23)9-14-16(24)19-17(29-14)20-18-10-11-2-3-12(13(8-11)22(25)26)21-4-6-28-7-5-21/h2-3,8-10H,4-7H2,1H3,(H,19,20,24)/b14-9+,18-10?. The molecule has 1 aromatic rings. The Morgan fingerprint density at radius 2 is 2.17 bits per heavy atom. The highest BCUT2D eigenvalue weighted by Crippen LogP contribution is 2.29. The zero-order valence-electron chi connectivity index (χ0n) is 15.4. The number of carbonyl (C=O) groups is 2. The minimum absolute atomic E-state index is 0.0321. The lowest BCUT2D eigenvalue weighted by atomic mass is 10.1. The van der Waals surface area contributed by atoms with E-state index in [4.69, 9.17) is 4.74 Å². The third kappa shape index (κ3) is 5.18. The first kappa shape index (κ1) is 20.5. The maximum absolute atomic E-state index is 11.7. The third-order valence-electron chi connectivity index (χ3n) is 4.00. The van der Waals surface area contributed by atoms with E-state index in [0.717, 1.165) is 17.8 Å². The summed E-state index contributed by atoms with van der Waals surface area (Å²) in [5, 5.41) is 21.8. The van der Waals surface area contributed by atoms with Crippen LogP contribution in [0.4, 0.5) is 11.4 Å². The predicted octanol–water partition coefficient (Wildman–Crippen LogP) is 1.04. The summed E-state index contributed by atoms with van der Waals surface area (Å²) >= 11 is 0.936. The Bertz CT molecular complexity index is 923. The van der Waals surface area contributed by atoms with Gasteiger partial charge in [-0.3, -0.25) is 20.2 Å². The zero-order valence-corrected chi connectivity index (χ0v) is 16.2. The van der Waals surface area contributed by atoms with Crippen LogP contribution in [-0.4, -0.2) is 61.6 Å². The molecule has 12 heteroatoms. The lowest BCUT2D eigenvalue weighted by Gasteiger charge is -2.28. The number of morpholine rings is 1. The highest BCUT2D eigenvalue weighted by Gasteiger charge is 2.25. The van der Waals surface area contributed by atoms with Gasteiger partial charge in [-0.25, -0.2) is 4.79 Å². The molecule has 11 nitrogen and oxygen atoms in total. The molecule has 29 heavy (non-hydrogen) atoms. The average Bonchev–Trinajstić information content (AvgIpc) is 3.07. The number of rotatable bonds is 5. The van der Waals surface area contributed by atoms with E-state index >= 15 is 0 Å². The number of hydrogen-bond donors (Lipinski definition) is 1. The highest BCUT2D eigenvalue weighted by molar-refractivity contribution is 8.18. The van der Waals surface area contributed by atoms with Crippen molar-refractivity contribution in [2.24, 2.45) is 10.2 Å². The number of carbonyl (C=O) groups excluding carboxylic acids is 2. The summed E-state index contributed by atoms with van der Waals surface area (Å²) in [5.74, 6) is -1.14. The number of nitro groups is 1. The summed E-state index contributed by atoms with van der Waals surface area (Å²) in [6.45, 7) is 2.21. The first-order valence-corrected chi connectivity index (χ1v) is 9.30. The van der Waals surface area contributed by atoms with Gasteiger partial charge in [-0.2, -0.15) is 5.10 Å². The fraction of sp³-hybridized carbons (Fsp3) is 0.294. The number of benzene rings is 1. The van der Waals surface area contributed by atoms with Gasteiger partial charge in [0.2, 0.25) is 0 Å². The molecule has 2 heterocycles. The van der Waals surface area contributed by atoms with Gasteiger partial charge >= 0.3 is 5.97 Å². The van der Waals surface area contributed by atoms with Crippen molar-refractivity contribution in [3.63, 3.8) is 0 Å². The molecular weight excluding hydrogens is 402 g/mol. The summed E-state index contributed by atoms with van der Waals surface area (Å²) in [6, 6.07) is 4.78. The van der Waals surface area contributed by atoms with Crippen molar-refractivity contribution in [3.8, 4) is 0 Å². The number of methoxy groups -OCH3 is 1. The third-order valence-corrected chi connectivity index (χ3v) is 4.90. The fourth-order valence-electron chi connectivity index (χ4n) is 2.63. The second kappa shape index (κ2) is 9.30. The Hall–Kier alpha value is -3.25. The lowest BCUT2D eigenvalue weighted by molar-refractivity contribution is -0.384. The predicted molar refractivity (Wildman–Crippen MR) is 107 cm³/mol. The van der Waals surface area contributed by atoms with Crippen LogP contribution in [0.2, 0.25) is 0 Å². The second-order valence-corrected chi connectivity index (χ2v) is 6.87. The summed E-state index contributed by atoms with van der Waals surface area (Å²) in [4.78, 5) is 36.0. The van der Waals surface area contributed by atoms with E-state index in [1.165, 1.54) is 19.4 Å². The fourth-order valence-corrected chi connectivity index (χ4v) is 3.37. The number of thioether (sulfide) groups is 1. The summed E-state index contributed by atoms with van der Waals surface area (Å²) < 4.78 is 9.76. The van der Waals surface area contributed by atoms with Crippen molar-refractivity contribution in [2.45, 2.75) is 0 Å². The minimum Gasteiger partial charge on any atom is -0.466 e. The Morgan fingerprint density at radius 3 is 2.86 bits per heavy atom. The number of nitro benzene ring substituents is 1. The molecule has 2 fully saturated rings. The molecular formula is C17H17N5O6S. The van der Waals surface area contributed by atoms with Crippen LogP contribution in [0.25, 0.3) is 0 Å². The Labute approximate surface area is 169 Å². The molecule has 0 radical (unpaired) electrons. The number of esters is 1. The Kier molecular flexibility index (Phi) is 6.57. The van der Waals surface area contributed by atoms with Gasteiger partial charge in [0.1, 0.15) is 5.69 Å². The molecule has 1 N–H and O–H groups in total. The van der Waals surface area contributed by atoms with E-state index in [1.54, 1.807) is 12.1 Å². The van der Waals surface area contributed by atoms with Crippen LogP contribution in [0.3, 0.4) is 0 Å². The van der Waals surface area contributed by atoms with Gasteiger partial charge in [-0.05, 0) is 17.8 Å². The molecule has 152 valence electrons. The molecule has 2 aliphatic rings. The van der Waals surface area contributed by atoms with Gasteiger partial charge in [0.25, 0.3) is 11.6 Å². The quantitative estimate of drug-likeness (QED) is 0.246. The smallest absolute Gasteiger partial charge is 0.331 e. The van der Waals surface area contributed by atoms with Crippen LogP contribution in [-0.2, 0) is 19.1 Å². The van der Waals surface area contributed by atoms with Crippen molar-refractivity contribution in [1.29, 1.82) is 0 Å². The Balaban J connectivity index is 1.74. The van der Waals surface area contributed by atoms with Gasteiger partial charge < -0.3 is 14.4 Å². The van der Waals surface area contributed by atoms with E-state index in [1.807, 2.05) is 4.90 Å². The molecule has 0 unspecified atom stereocenters. The number of amidine groups is 1. The van der Waals surface area contributed by atoms with Crippen molar-refractivity contribution >= 4 is 46.4 Å². The van der Waals surface area contributed by atoms with Gasteiger partial charge in [-0.15, -0.1) is 5.10 Å². The Morgan fingerprint density at radius 1 is 1.41 bits per heavy atom. The SMILES string of the molecule is COC(=O)/C=C1/S/C(=N\N=Cc2ccc(N3CCOCC3)c([N+](=O)[O-])c2)NC1=O. The van der Waals surface area contributed by atoms with E-state index in [2.05, 4.69) is 20.3 Å². The molecule has 1 aromatic carbocycles. The second-order valence-electron chi connectivity index (χ2n) is 5.84. The zero-order chi connectivity index (χ0) is 20.8. The maximum atomic E-state index is 11.7. The molecule has 2 saturated heterocycles. The molecule has 3 rings (SSSR count). The van der Waals surface area contributed by atoms with Crippen molar-refractivity contribution in [1.82, 2.24) is 5.32 Å². The molecule has 0 spiro atoms. The van der Waals surface area contributed by atoms with Gasteiger partial charge in [0.05, 0.1) is 36.4 Å². The van der Waals surface area contributed by atoms with Crippen molar-refractivity contribution < 1.29 is 24.0 Å². The van der Waals surface area contributed by atoms with Crippen molar-refractivity contribution in [3.05, 3.63) is 44.9 Å². The van der Waals surface area contributed by atoms with E-state index in [0.29, 0.717) is 37.6 Å². The molecule has 0 aromatic heterocycles. The van der Waals surface area contributed by atoms with Gasteiger partial charge in [0, 0.05) is 30.8 Å². The van der Waals surface area contributed by atoms with E-state index in [9.17, 15) is 19.7 Å². The van der Waals surface area contributed by atoms with Crippen molar-refractivity contribution in [2.75, 3.05) is 38.3 Å². The minimum atomic E-state index is -0.653. The van der Waals surface area contributed by atoms with Crippen LogP contribution in [0, 0.1) is 10.1 Å².